The van der Waals surface area contributed by atoms with Crippen LogP contribution in [0, 0.1) is 5.92 Å². The molecule has 1 aliphatic rings. The van der Waals surface area contributed by atoms with Crippen molar-refractivity contribution in [3.8, 4) is 0 Å². The normalized spacial score (nSPS) is 17.8. The average molecular weight is 255 g/mol. The van der Waals surface area contributed by atoms with Crippen LogP contribution in [0.4, 0.5) is 4.79 Å². The molecule has 0 aromatic carbocycles. The smallest absolute Gasteiger partial charge is 0.410 e. The van der Waals surface area contributed by atoms with Gasteiger partial charge in [-0.2, -0.15) is 0 Å². The summed E-state index contributed by atoms with van der Waals surface area (Å²) in [6.07, 6.45) is 4.44. The number of rotatable bonds is 5. The van der Waals surface area contributed by atoms with Crippen LogP contribution in [0.3, 0.4) is 0 Å². The first-order chi connectivity index (χ1) is 8.39. The van der Waals surface area contributed by atoms with E-state index in [2.05, 4.69) is 0 Å². The van der Waals surface area contributed by atoms with E-state index in [-0.39, 0.29) is 12.1 Å². The molecule has 0 aromatic rings. The van der Waals surface area contributed by atoms with Gasteiger partial charge in [-0.15, -0.1) is 0 Å². The van der Waals surface area contributed by atoms with Crippen molar-refractivity contribution >= 4 is 12.4 Å². The van der Waals surface area contributed by atoms with Crippen LogP contribution in [0.1, 0.15) is 53.4 Å². The van der Waals surface area contributed by atoms with Crippen molar-refractivity contribution in [3.63, 3.8) is 0 Å². The number of hydrogen-bond acceptors (Lipinski definition) is 3. The molecule has 1 fully saturated rings. The zero-order valence-electron chi connectivity index (χ0n) is 11.9. The van der Waals surface area contributed by atoms with Gasteiger partial charge in [-0.05, 0) is 46.5 Å². The Morgan fingerprint density at radius 2 is 2.06 bits per heavy atom. The second-order valence-corrected chi connectivity index (χ2v) is 5.93. The maximum atomic E-state index is 12.1. The van der Waals surface area contributed by atoms with E-state index in [1.54, 1.807) is 4.90 Å². The van der Waals surface area contributed by atoms with Gasteiger partial charge in [0.2, 0.25) is 0 Å². The largest absolute Gasteiger partial charge is 0.444 e. The third-order valence-electron chi connectivity index (χ3n) is 3.40. The van der Waals surface area contributed by atoms with Crippen LogP contribution in [0.15, 0.2) is 0 Å². The molecule has 18 heavy (non-hydrogen) atoms. The number of amides is 1. The standard InChI is InChI=1S/C14H25NO3/c1-5-15(13(17)18-14(2,3)4)12(9-10-16)11-7-6-8-11/h10-12H,5-9H2,1-4H3. The zero-order valence-corrected chi connectivity index (χ0v) is 11.9. The lowest BCUT2D eigenvalue weighted by Crippen LogP contribution is -2.48. The summed E-state index contributed by atoms with van der Waals surface area (Å²) < 4.78 is 5.41. The first kappa shape index (κ1) is 15.0. The van der Waals surface area contributed by atoms with E-state index in [0.717, 1.165) is 19.1 Å². The molecule has 1 aliphatic carbocycles. The molecule has 4 nitrogen and oxygen atoms in total. The SMILES string of the molecule is CCN(C(=O)OC(C)(C)C)C(CC=O)C1CCC1. The Bertz CT molecular complexity index is 292. The van der Waals surface area contributed by atoms with Gasteiger partial charge in [0.15, 0.2) is 0 Å². The summed E-state index contributed by atoms with van der Waals surface area (Å²) in [6, 6.07) is 0.0103. The molecule has 1 saturated carbocycles. The minimum absolute atomic E-state index is 0.0103. The number of carbonyl (C=O) groups excluding carboxylic acids is 2. The molecule has 0 aliphatic heterocycles. The van der Waals surface area contributed by atoms with Crippen LogP contribution in [0.25, 0.3) is 0 Å². The second kappa shape index (κ2) is 6.21. The quantitative estimate of drug-likeness (QED) is 0.709. The fourth-order valence-electron chi connectivity index (χ4n) is 2.32. The van der Waals surface area contributed by atoms with Gasteiger partial charge < -0.3 is 14.4 Å². The summed E-state index contributed by atoms with van der Waals surface area (Å²) in [4.78, 5) is 24.7. The lowest BCUT2D eigenvalue weighted by Gasteiger charge is -2.40. The fourth-order valence-corrected chi connectivity index (χ4v) is 2.32. The highest BCUT2D eigenvalue weighted by Crippen LogP contribution is 2.34. The van der Waals surface area contributed by atoms with Crippen LogP contribution >= 0.6 is 0 Å². The maximum absolute atomic E-state index is 12.1. The minimum Gasteiger partial charge on any atom is -0.444 e. The summed E-state index contributed by atoms with van der Waals surface area (Å²) in [5, 5.41) is 0. The van der Waals surface area contributed by atoms with Crippen molar-refractivity contribution in [1.82, 2.24) is 4.90 Å². The van der Waals surface area contributed by atoms with Crippen LogP contribution < -0.4 is 0 Å². The summed E-state index contributed by atoms with van der Waals surface area (Å²) in [6.45, 7) is 8.09. The molecule has 1 unspecified atom stereocenters. The third-order valence-corrected chi connectivity index (χ3v) is 3.40. The van der Waals surface area contributed by atoms with Crippen LogP contribution in [0.2, 0.25) is 0 Å². The molecule has 0 saturated heterocycles. The number of aldehydes is 1. The number of nitrogens with zero attached hydrogens (tertiary/aromatic N) is 1. The minimum atomic E-state index is -0.490. The topological polar surface area (TPSA) is 46.6 Å². The Kier molecular flexibility index (Phi) is 5.17. The monoisotopic (exact) mass is 255 g/mol. The number of hydrogen-bond donors (Lipinski definition) is 0. The van der Waals surface area contributed by atoms with Gasteiger partial charge in [0.1, 0.15) is 11.9 Å². The van der Waals surface area contributed by atoms with E-state index >= 15 is 0 Å². The van der Waals surface area contributed by atoms with Gasteiger partial charge in [0, 0.05) is 19.0 Å². The summed E-state index contributed by atoms with van der Waals surface area (Å²) in [7, 11) is 0. The van der Waals surface area contributed by atoms with E-state index in [9.17, 15) is 9.59 Å². The highest BCUT2D eigenvalue weighted by atomic mass is 16.6. The predicted octanol–water partition coefficient (Wildman–Crippen LogP) is 3.00. The molecule has 0 bridgehead atoms. The molecule has 0 heterocycles. The molecule has 0 N–H and O–H groups in total. The van der Waals surface area contributed by atoms with Crippen LogP contribution in [-0.4, -0.2) is 35.5 Å². The van der Waals surface area contributed by atoms with Gasteiger partial charge in [-0.25, -0.2) is 4.79 Å². The molecule has 1 amide bonds. The highest BCUT2D eigenvalue weighted by Gasteiger charge is 2.35. The van der Waals surface area contributed by atoms with Gasteiger partial charge >= 0.3 is 6.09 Å². The molecule has 0 aromatic heterocycles. The maximum Gasteiger partial charge on any atom is 0.410 e. The lowest BCUT2D eigenvalue weighted by atomic mass is 9.78. The molecule has 4 heteroatoms. The summed E-state index contributed by atoms with van der Waals surface area (Å²) in [5.41, 5.74) is -0.490. The van der Waals surface area contributed by atoms with E-state index in [0.29, 0.717) is 18.9 Å². The zero-order chi connectivity index (χ0) is 13.8. The molecule has 0 spiro atoms. The second-order valence-electron chi connectivity index (χ2n) is 5.93. The highest BCUT2D eigenvalue weighted by molar-refractivity contribution is 5.69. The van der Waals surface area contributed by atoms with Crippen molar-refractivity contribution in [2.24, 2.45) is 5.92 Å². The van der Waals surface area contributed by atoms with E-state index in [1.165, 1.54) is 6.42 Å². The van der Waals surface area contributed by atoms with E-state index in [1.807, 2.05) is 27.7 Å². The van der Waals surface area contributed by atoms with Crippen molar-refractivity contribution in [1.29, 1.82) is 0 Å². The Morgan fingerprint density at radius 3 is 2.39 bits per heavy atom. The molecular formula is C14H25NO3. The lowest BCUT2D eigenvalue weighted by molar-refractivity contribution is -0.109. The first-order valence-electron chi connectivity index (χ1n) is 6.82. The Morgan fingerprint density at radius 1 is 1.44 bits per heavy atom. The average Bonchev–Trinajstić information content (AvgIpc) is 2.13. The first-order valence-corrected chi connectivity index (χ1v) is 6.82. The predicted molar refractivity (Wildman–Crippen MR) is 70.4 cm³/mol. The third kappa shape index (κ3) is 4.00. The number of carbonyl (C=O) groups is 2. The van der Waals surface area contributed by atoms with Crippen LogP contribution in [0.5, 0.6) is 0 Å². The van der Waals surface area contributed by atoms with Crippen molar-refractivity contribution < 1.29 is 14.3 Å². The summed E-state index contributed by atoms with van der Waals surface area (Å²) >= 11 is 0. The van der Waals surface area contributed by atoms with Gasteiger partial charge in [-0.1, -0.05) is 6.42 Å². The van der Waals surface area contributed by atoms with E-state index in [4.69, 9.17) is 4.74 Å². The molecule has 104 valence electrons. The Balaban J connectivity index is 2.71. The summed E-state index contributed by atoms with van der Waals surface area (Å²) in [5.74, 6) is 0.461. The Labute approximate surface area is 110 Å². The number of ether oxygens (including phenoxy) is 1. The Hall–Kier alpha value is -1.06. The van der Waals surface area contributed by atoms with Crippen molar-refractivity contribution in [2.75, 3.05) is 6.54 Å². The van der Waals surface area contributed by atoms with Crippen LogP contribution in [-0.2, 0) is 9.53 Å². The van der Waals surface area contributed by atoms with Crippen molar-refractivity contribution in [3.05, 3.63) is 0 Å². The van der Waals surface area contributed by atoms with E-state index < -0.39 is 5.60 Å². The van der Waals surface area contributed by atoms with Gasteiger partial charge in [-0.3, -0.25) is 0 Å². The molecular weight excluding hydrogens is 230 g/mol. The van der Waals surface area contributed by atoms with Crippen molar-refractivity contribution in [2.45, 2.75) is 65.0 Å². The van der Waals surface area contributed by atoms with Gasteiger partial charge in [0.25, 0.3) is 0 Å². The van der Waals surface area contributed by atoms with Gasteiger partial charge in [0.05, 0.1) is 0 Å². The molecule has 0 radical (unpaired) electrons. The fraction of sp³-hybridized carbons (Fsp3) is 0.857. The molecule has 1 atom stereocenters. The molecule has 1 rings (SSSR count).